The topological polar surface area (TPSA) is 66.9 Å². The van der Waals surface area contributed by atoms with Crippen LogP contribution in [0.15, 0.2) is 24.3 Å². The zero-order chi connectivity index (χ0) is 20.1. The molecule has 0 aliphatic carbocycles. The second kappa shape index (κ2) is 9.03. The highest BCUT2D eigenvalue weighted by molar-refractivity contribution is 7.90. The third-order valence-corrected chi connectivity index (χ3v) is 5.10. The van der Waals surface area contributed by atoms with E-state index >= 15 is 0 Å². The fraction of sp³-hybridized carbons (Fsp3) is 0.588. The fourth-order valence-electron chi connectivity index (χ4n) is 2.68. The van der Waals surface area contributed by atoms with Crippen LogP contribution in [0.1, 0.15) is 15.9 Å². The van der Waals surface area contributed by atoms with Gasteiger partial charge in [0.2, 0.25) is 0 Å². The highest BCUT2D eigenvalue weighted by Gasteiger charge is 2.27. The van der Waals surface area contributed by atoms with Gasteiger partial charge in [-0.05, 0) is 17.7 Å². The van der Waals surface area contributed by atoms with Gasteiger partial charge in [-0.3, -0.25) is 9.69 Å². The summed E-state index contributed by atoms with van der Waals surface area (Å²) in [6, 6.07) is 6.30. The maximum absolute atomic E-state index is 12.5. The molecule has 1 aliphatic heterocycles. The molecule has 0 N–H and O–H groups in total. The molecular formula is C17H23F3N2O4S. The van der Waals surface area contributed by atoms with Gasteiger partial charge in [-0.15, -0.1) is 0 Å². The zero-order valence-corrected chi connectivity index (χ0v) is 15.9. The van der Waals surface area contributed by atoms with Gasteiger partial charge in [-0.25, -0.2) is 8.42 Å². The minimum atomic E-state index is -4.36. The third kappa shape index (κ3) is 7.86. The van der Waals surface area contributed by atoms with E-state index in [4.69, 9.17) is 0 Å². The highest BCUT2D eigenvalue weighted by Crippen LogP contribution is 2.16. The summed E-state index contributed by atoms with van der Waals surface area (Å²) in [5.41, 5.74) is 1.01. The van der Waals surface area contributed by atoms with E-state index in [1.165, 1.54) is 6.26 Å². The standard InChI is InChI=1S/C17H23F3N2O4S/c1-27(24,25)11-10-21-6-8-22(9-7-21)16(23)15-4-2-14(3-5-15)12-26-13-17(18,19)20/h2-5H,6-13H2,1H3. The lowest BCUT2D eigenvalue weighted by molar-refractivity contribution is -0.176. The summed E-state index contributed by atoms with van der Waals surface area (Å²) in [6.07, 6.45) is -3.16. The molecule has 1 amide bonds. The Bertz CT molecular complexity index is 728. The number of alkyl halides is 3. The van der Waals surface area contributed by atoms with Gasteiger partial charge < -0.3 is 9.64 Å². The predicted octanol–water partition coefficient (Wildman–Crippen LogP) is 1.57. The number of carbonyl (C=O) groups excluding carboxylic acids is 1. The van der Waals surface area contributed by atoms with Crippen LogP contribution in [0.2, 0.25) is 0 Å². The average Bonchev–Trinajstić information content (AvgIpc) is 2.59. The summed E-state index contributed by atoms with van der Waals surface area (Å²) in [4.78, 5) is 16.2. The second-order valence-corrected chi connectivity index (χ2v) is 8.83. The van der Waals surface area contributed by atoms with Crippen molar-refractivity contribution in [1.82, 2.24) is 9.80 Å². The van der Waals surface area contributed by atoms with E-state index < -0.39 is 22.6 Å². The fourth-order valence-corrected chi connectivity index (χ4v) is 3.27. The summed E-state index contributed by atoms with van der Waals surface area (Å²) in [5.74, 6) is -0.0562. The Morgan fingerprint density at radius 1 is 1.11 bits per heavy atom. The first-order valence-corrected chi connectivity index (χ1v) is 10.5. The molecule has 0 bridgehead atoms. The van der Waals surface area contributed by atoms with E-state index in [2.05, 4.69) is 4.74 Å². The van der Waals surface area contributed by atoms with Crippen LogP contribution in [-0.2, 0) is 21.2 Å². The van der Waals surface area contributed by atoms with Crippen molar-refractivity contribution in [3.63, 3.8) is 0 Å². The second-order valence-electron chi connectivity index (χ2n) is 6.57. The van der Waals surface area contributed by atoms with Gasteiger partial charge in [0.25, 0.3) is 5.91 Å². The van der Waals surface area contributed by atoms with E-state index in [9.17, 15) is 26.4 Å². The molecule has 1 saturated heterocycles. The number of hydrogen-bond donors (Lipinski definition) is 0. The summed E-state index contributed by atoms with van der Waals surface area (Å²) in [6.45, 7) is 1.17. The average molecular weight is 408 g/mol. The molecule has 6 nitrogen and oxygen atoms in total. The molecule has 152 valence electrons. The number of ether oxygens (including phenoxy) is 1. The number of nitrogens with zero attached hydrogens (tertiary/aromatic N) is 2. The number of amides is 1. The minimum absolute atomic E-state index is 0.0960. The van der Waals surface area contributed by atoms with E-state index in [0.717, 1.165) is 0 Å². The summed E-state index contributed by atoms with van der Waals surface area (Å²) in [5, 5.41) is 0. The molecule has 1 aromatic carbocycles. The first kappa shape index (κ1) is 21.6. The van der Waals surface area contributed by atoms with Crippen molar-refractivity contribution in [2.24, 2.45) is 0 Å². The molecule has 1 heterocycles. The molecule has 0 unspecified atom stereocenters. The van der Waals surface area contributed by atoms with Crippen LogP contribution >= 0.6 is 0 Å². The van der Waals surface area contributed by atoms with Crippen LogP contribution in [0.25, 0.3) is 0 Å². The van der Waals surface area contributed by atoms with E-state index in [-0.39, 0.29) is 18.3 Å². The number of benzene rings is 1. The third-order valence-electron chi connectivity index (χ3n) is 4.17. The van der Waals surface area contributed by atoms with Crippen molar-refractivity contribution in [3.05, 3.63) is 35.4 Å². The van der Waals surface area contributed by atoms with Gasteiger partial charge in [0.05, 0.1) is 12.4 Å². The number of carbonyl (C=O) groups is 1. The highest BCUT2D eigenvalue weighted by atomic mass is 32.2. The van der Waals surface area contributed by atoms with E-state index in [0.29, 0.717) is 43.9 Å². The van der Waals surface area contributed by atoms with Crippen LogP contribution in [0.3, 0.4) is 0 Å². The Morgan fingerprint density at radius 3 is 2.22 bits per heavy atom. The number of hydrogen-bond acceptors (Lipinski definition) is 5. The Balaban J connectivity index is 1.80. The number of halogens is 3. The van der Waals surface area contributed by atoms with E-state index in [1.54, 1.807) is 29.2 Å². The normalized spacial score (nSPS) is 16.5. The number of rotatable bonds is 7. The minimum Gasteiger partial charge on any atom is -0.367 e. The van der Waals surface area contributed by atoms with Crippen molar-refractivity contribution in [2.75, 3.05) is 51.3 Å². The molecular weight excluding hydrogens is 385 g/mol. The van der Waals surface area contributed by atoms with E-state index in [1.807, 2.05) is 4.90 Å². The first-order valence-electron chi connectivity index (χ1n) is 8.46. The van der Waals surface area contributed by atoms with Crippen molar-refractivity contribution in [2.45, 2.75) is 12.8 Å². The van der Waals surface area contributed by atoms with Gasteiger partial charge in [0.1, 0.15) is 16.4 Å². The van der Waals surface area contributed by atoms with Crippen molar-refractivity contribution >= 4 is 15.7 Å². The Hall–Kier alpha value is -1.65. The first-order chi connectivity index (χ1) is 12.5. The summed E-state index contributed by atoms with van der Waals surface area (Å²) in [7, 11) is -3.01. The molecule has 10 heteroatoms. The lowest BCUT2D eigenvalue weighted by Crippen LogP contribution is -2.49. The van der Waals surface area contributed by atoms with Crippen LogP contribution in [0, 0.1) is 0 Å². The van der Waals surface area contributed by atoms with Gasteiger partial charge in [0.15, 0.2) is 0 Å². The van der Waals surface area contributed by atoms with Gasteiger partial charge in [0, 0.05) is 44.5 Å². The van der Waals surface area contributed by atoms with Crippen LogP contribution < -0.4 is 0 Å². The van der Waals surface area contributed by atoms with Gasteiger partial charge in [-0.1, -0.05) is 12.1 Å². The maximum Gasteiger partial charge on any atom is 0.411 e. The van der Waals surface area contributed by atoms with Crippen molar-refractivity contribution < 1.29 is 31.1 Å². The Labute approximate surface area is 156 Å². The molecule has 0 aromatic heterocycles. The number of sulfone groups is 1. The van der Waals surface area contributed by atoms with Crippen LogP contribution in [0.4, 0.5) is 13.2 Å². The van der Waals surface area contributed by atoms with Crippen LogP contribution in [0.5, 0.6) is 0 Å². The van der Waals surface area contributed by atoms with Crippen molar-refractivity contribution in [1.29, 1.82) is 0 Å². The summed E-state index contributed by atoms with van der Waals surface area (Å²) >= 11 is 0. The largest absolute Gasteiger partial charge is 0.411 e. The van der Waals surface area contributed by atoms with Gasteiger partial charge >= 0.3 is 6.18 Å². The lowest BCUT2D eigenvalue weighted by atomic mass is 10.1. The quantitative estimate of drug-likeness (QED) is 0.685. The summed E-state index contributed by atoms with van der Waals surface area (Å²) < 4.78 is 63.2. The molecule has 2 rings (SSSR count). The molecule has 1 aliphatic rings. The predicted molar refractivity (Wildman–Crippen MR) is 94.2 cm³/mol. The molecule has 0 atom stereocenters. The number of piperazine rings is 1. The molecule has 1 fully saturated rings. The SMILES string of the molecule is CS(=O)(=O)CCN1CCN(C(=O)c2ccc(COCC(F)(F)F)cc2)CC1. The molecule has 1 aromatic rings. The maximum atomic E-state index is 12.5. The Morgan fingerprint density at radius 2 is 1.70 bits per heavy atom. The smallest absolute Gasteiger partial charge is 0.367 e. The molecule has 27 heavy (non-hydrogen) atoms. The monoisotopic (exact) mass is 408 g/mol. The molecule has 0 saturated carbocycles. The van der Waals surface area contributed by atoms with Crippen LogP contribution in [-0.4, -0.2) is 81.6 Å². The van der Waals surface area contributed by atoms with Gasteiger partial charge in [-0.2, -0.15) is 13.2 Å². The Kier molecular flexibility index (Phi) is 7.24. The molecule has 0 radical (unpaired) electrons. The zero-order valence-electron chi connectivity index (χ0n) is 15.0. The molecule has 0 spiro atoms. The lowest BCUT2D eigenvalue weighted by Gasteiger charge is -2.34. The van der Waals surface area contributed by atoms with Crippen molar-refractivity contribution in [3.8, 4) is 0 Å².